The maximum absolute atomic E-state index is 13.3. The van der Waals surface area contributed by atoms with Gasteiger partial charge in [-0.1, -0.05) is 0 Å². The van der Waals surface area contributed by atoms with E-state index < -0.39 is 0 Å². The van der Waals surface area contributed by atoms with E-state index in [2.05, 4.69) is 26.0 Å². The van der Waals surface area contributed by atoms with E-state index in [4.69, 9.17) is 0 Å². The first kappa shape index (κ1) is 17.4. The standard InChI is InChI=1S/C21H19N7O/c22-12-15-6-9-23-19(11-15)28-16-4-5-17(28)14-26(13-16)21(29)18-3-1-7-24-20(18)27-10-2-8-25-27/h1-3,6-11,16-17H,4-5,13-14H2. The van der Waals surface area contributed by atoms with Crippen LogP contribution in [0.5, 0.6) is 0 Å². The molecule has 3 aromatic heterocycles. The Labute approximate surface area is 168 Å². The van der Waals surface area contributed by atoms with Gasteiger partial charge in [-0.2, -0.15) is 10.4 Å². The van der Waals surface area contributed by atoms with Gasteiger partial charge < -0.3 is 9.80 Å². The number of piperazine rings is 1. The van der Waals surface area contributed by atoms with E-state index in [0.29, 0.717) is 30.0 Å². The minimum Gasteiger partial charge on any atom is -0.347 e. The van der Waals surface area contributed by atoms with E-state index >= 15 is 0 Å². The van der Waals surface area contributed by atoms with Crippen LogP contribution in [0.25, 0.3) is 5.82 Å². The fourth-order valence-electron chi connectivity index (χ4n) is 4.38. The molecule has 2 atom stereocenters. The number of amides is 1. The molecule has 0 radical (unpaired) electrons. The minimum atomic E-state index is -0.0288. The fraction of sp³-hybridized carbons (Fsp3) is 0.286. The Hall–Kier alpha value is -3.73. The Bertz CT molecular complexity index is 1070. The summed E-state index contributed by atoms with van der Waals surface area (Å²) in [4.78, 5) is 26.4. The SMILES string of the molecule is N#Cc1ccnc(N2C3CCC2CN(C(=O)c2cccnc2-n2cccn2)C3)c1. The average Bonchev–Trinajstić information content (AvgIpc) is 3.39. The minimum absolute atomic E-state index is 0.0288. The van der Waals surface area contributed by atoms with Crippen LogP contribution in [-0.4, -0.2) is 55.7 Å². The lowest BCUT2D eigenvalue weighted by atomic mass is 10.1. The molecule has 2 aliphatic rings. The van der Waals surface area contributed by atoms with Gasteiger partial charge in [0, 0.05) is 50.0 Å². The van der Waals surface area contributed by atoms with Gasteiger partial charge in [0.05, 0.1) is 17.2 Å². The highest BCUT2D eigenvalue weighted by Gasteiger charge is 2.42. The lowest BCUT2D eigenvalue weighted by molar-refractivity contribution is 0.0717. The molecule has 5 heterocycles. The molecule has 8 nitrogen and oxygen atoms in total. The first-order chi connectivity index (χ1) is 14.2. The van der Waals surface area contributed by atoms with Gasteiger partial charge in [-0.25, -0.2) is 14.6 Å². The molecule has 2 unspecified atom stereocenters. The summed E-state index contributed by atoms with van der Waals surface area (Å²) in [5.74, 6) is 1.34. The third kappa shape index (κ3) is 3.01. The second-order valence-electron chi connectivity index (χ2n) is 7.34. The number of pyridine rings is 2. The van der Waals surface area contributed by atoms with E-state index in [1.54, 1.807) is 47.7 Å². The maximum atomic E-state index is 13.3. The number of carbonyl (C=O) groups excluding carboxylic acids is 1. The quantitative estimate of drug-likeness (QED) is 0.685. The van der Waals surface area contributed by atoms with Crippen LogP contribution in [0.1, 0.15) is 28.8 Å². The van der Waals surface area contributed by atoms with Crippen molar-refractivity contribution in [2.24, 2.45) is 0 Å². The van der Waals surface area contributed by atoms with E-state index in [1.165, 1.54) is 0 Å². The number of fused-ring (bicyclic) bond motifs is 2. The zero-order valence-corrected chi connectivity index (χ0v) is 15.7. The molecular formula is C21H19N7O. The fourth-order valence-corrected chi connectivity index (χ4v) is 4.38. The van der Waals surface area contributed by atoms with Gasteiger partial charge in [0.1, 0.15) is 5.82 Å². The number of hydrogen-bond acceptors (Lipinski definition) is 6. The maximum Gasteiger partial charge on any atom is 0.257 e. The highest BCUT2D eigenvalue weighted by Crippen LogP contribution is 2.34. The topological polar surface area (TPSA) is 90.9 Å². The van der Waals surface area contributed by atoms with E-state index in [9.17, 15) is 10.1 Å². The number of hydrogen-bond donors (Lipinski definition) is 0. The third-order valence-corrected chi connectivity index (χ3v) is 5.65. The summed E-state index contributed by atoms with van der Waals surface area (Å²) in [6.45, 7) is 1.25. The van der Waals surface area contributed by atoms with Crippen molar-refractivity contribution in [1.82, 2.24) is 24.6 Å². The van der Waals surface area contributed by atoms with Crippen molar-refractivity contribution in [3.63, 3.8) is 0 Å². The molecule has 29 heavy (non-hydrogen) atoms. The molecule has 0 N–H and O–H groups in total. The van der Waals surface area contributed by atoms with E-state index in [0.717, 1.165) is 18.7 Å². The molecule has 2 bridgehead atoms. The van der Waals surface area contributed by atoms with Crippen molar-refractivity contribution in [1.29, 1.82) is 5.26 Å². The number of carbonyl (C=O) groups is 1. The smallest absolute Gasteiger partial charge is 0.257 e. The summed E-state index contributed by atoms with van der Waals surface area (Å²) in [7, 11) is 0. The van der Waals surface area contributed by atoms with Gasteiger partial charge >= 0.3 is 0 Å². The Kier molecular flexibility index (Phi) is 4.21. The van der Waals surface area contributed by atoms with Crippen molar-refractivity contribution in [2.45, 2.75) is 24.9 Å². The number of likely N-dealkylation sites (tertiary alicyclic amines) is 1. The van der Waals surface area contributed by atoms with Crippen LogP contribution < -0.4 is 4.90 Å². The molecule has 0 aliphatic carbocycles. The number of nitriles is 1. The summed E-state index contributed by atoms with van der Waals surface area (Å²) in [6.07, 6.45) is 8.82. The van der Waals surface area contributed by atoms with Crippen molar-refractivity contribution in [3.05, 3.63) is 66.2 Å². The Balaban J connectivity index is 1.41. The predicted octanol–water partition coefficient (Wildman–Crippen LogP) is 2.03. The number of rotatable bonds is 3. The zero-order valence-electron chi connectivity index (χ0n) is 15.7. The van der Waals surface area contributed by atoms with Gasteiger partial charge in [0.15, 0.2) is 5.82 Å². The second kappa shape index (κ2) is 7.02. The number of anilines is 1. The molecule has 5 rings (SSSR count). The van der Waals surface area contributed by atoms with Gasteiger partial charge in [-0.3, -0.25) is 4.79 Å². The summed E-state index contributed by atoms with van der Waals surface area (Å²) in [6, 6.07) is 11.5. The molecule has 3 aromatic rings. The average molecular weight is 385 g/mol. The van der Waals surface area contributed by atoms with Crippen molar-refractivity contribution >= 4 is 11.7 Å². The van der Waals surface area contributed by atoms with E-state index in [-0.39, 0.29) is 18.0 Å². The lowest BCUT2D eigenvalue weighted by Crippen LogP contribution is -2.55. The Morgan fingerprint density at radius 1 is 1.07 bits per heavy atom. The second-order valence-corrected chi connectivity index (χ2v) is 7.34. The molecule has 2 saturated heterocycles. The lowest BCUT2D eigenvalue weighted by Gasteiger charge is -2.41. The summed E-state index contributed by atoms with van der Waals surface area (Å²) in [5.41, 5.74) is 1.15. The van der Waals surface area contributed by atoms with Crippen LogP contribution in [0.15, 0.2) is 55.1 Å². The highest BCUT2D eigenvalue weighted by atomic mass is 16.2. The van der Waals surface area contributed by atoms with Crippen molar-refractivity contribution < 1.29 is 4.79 Å². The third-order valence-electron chi connectivity index (χ3n) is 5.65. The van der Waals surface area contributed by atoms with Gasteiger partial charge in [0.2, 0.25) is 0 Å². The molecule has 144 valence electrons. The van der Waals surface area contributed by atoms with Crippen LogP contribution in [-0.2, 0) is 0 Å². The summed E-state index contributed by atoms with van der Waals surface area (Å²) in [5, 5.41) is 13.4. The molecule has 0 aromatic carbocycles. The molecule has 8 heteroatoms. The van der Waals surface area contributed by atoms with Crippen LogP contribution in [0, 0.1) is 11.3 Å². The van der Waals surface area contributed by atoms with Gasteiger partial charge in [0.25, 0.3) is 5.91 Å². The summed E-state index contributed by atoms with van der Waals surface area (Å²) >= 11 is 0. The molecule has 2 fully saturated rings. The molecular weight excluding hydrogens is 366 g/mol. The van der Waals surface area contributed by atoms with Crippen molar-refractivity contribution in [3.8, 4) is 11.9 Å². The van der Waals surface area contributed by atoms with Crippen molar-refractivity contribution in [2.75, 3.05) is 18.0 Å². The largest absolute Gasteiger partial charge is 0.347 e. The predicted molar refractivity (Wildman–Crippen MR) is 106 cm³/mol. The van der Waals surface area contributed by atoms with Crippen LogP contribution in [0.3, 0.4) is 0 Å². The number of nitrogens with zero attached hydrogens (tertiary/aromatic N) is 7. The molecule has 1 amide bonds. The van der Waals surface area contributed by atoms with Crippen LogP contribution >= 0.6 is 0 Å². The monoisotopic (exact) mass is 385 g/mol. The molecule has 0 saturated carbocycles. The van der Waals surface area contributed by atoms with E-state index in [1.807, 2.05) is 17.0 Å². The normalized spacial score (nSPS) is 20.5. The van der Waals surface area contributed by atoms with Crippen LogP contribution in [0.2, 0.25) is 0 Å². The van der Waals surface area contributed by atoms with Crippen LogP contribution in [0.4, 0.5) is 5.82 Å². The summed E-state index contributed by atoms with van der Waals surface area (Å²) < 4.78 is 1.62. The Morgan fingerprint density at radius 2 is 1.90 bits per heavy atom. The highest BCUT2D eigenvalue weighted by molar-refractivity contribution is 5.97. The van der Waals surface area contributed by atoms with Gasteiger partial charge in [-0.15, -0.1) is 0 Å². The number of aromatic nitrogens is 4. The zero-order chi connectivity index (χ0) is 19.8. The Morgan fingerprint density at radius 3 is 2.62 bits per heavy atom. The van der Waals surface area contributed by atoms with Gasteiger partial charge in [-0.05, 0) is 43.2 Å². The molecule has 2 aliphatic heterocycles. The first-order valence-electron chi connectivity index (χ1n) is 9.63. The first-order valence-corrected chi connectivity index (χ1v) is 9.63. The molecule has 0 spiro atoms.